The Hall–Kier alpha value is -3.33. The van der Waals surface area contributed by atoms with Crippen LogP contribution in [0.3, 0.4) is 0 Å². The van der Waals surface area contributed by atoms with Crippen molar-refractivity contribution in [2.75, 3.05) is 13.6 Å². The van der Waals surface area contributed by atoms with Crippen molar-refractivity contribution in [3.8, 4) is 23.7 Å². The smallest absolute Gasteiger partial charge is 0.276 e. The van der Waals surface area contributed by atoms with Crippen LogP contribution in [-0.4, -0.2) is 58.8 Å². The first-order valence-electron chi connectivity index (χ1n) is 9.29. The van der Waals surface area contributed by atoms with Crippen molar-refractivity contribution >= 4 is 17.7 Å². The van der Waals surface area contributed by atoms with Gasteiger partial charge in [-0.2, -0.15) is 0 Å². The normalized spacial score (nSPS) is 12.2. The minimum atomic E-state index is -1.78. The summed E-state index contributed by atoms with van der Waals surface area (Å²) in [5.41, 5.74) is 0.194. The van der Waals surface area contributed by atoms with Crippen LogP contribution in [0.4, 0.5) is 0 Å². The lowest BCUT2D eigenvalue weighted by Crippen LogP contribution is -2.53. The Morgan fingerprint density at radius 3 is 2.33 bits per heavy atom. The molecule has 3 amide bonds. The van der Waals surface area contributed by atoms with Gasteiger partial charge in [0.05, 0.1) is 6.42 Å². The number of nitrogens with one attached hydrogen (secondary N) is 2. The van der Waals surface area contributed by atoms with Gasteiger partial charge in [0.2, 0.25) is 11.8 Å². The summed E-state index contributed by atoms with van der Waals surface area (Å²) in [4.78, 5) is 36.1. The predicted octanol–water partition coefficient (Wildman–Crippen LogP) is 0.287. The van der Waals surface area contributed by atoms with Gasteiger partial charge in [0.1, 0.15) is 18.7 Å². The molecule has 0 aliphatic carbocycles. The summed E-state index contributed by atoms with van der Waals surface area (Å²) >= 11 is 0. The summed E-state index contributed by atoms with van der Waals surface area (Å²) in [5, 5.41) is 24.8. The Bertz CT molecular complexity index is 869. The van der Waals surface area contributed by atoms with Gasteiger partial charge in [-0.15, -0.1) is 0 Å². The van der Waals surface area contributed by atoms with Crippen LogP contribution < -0.4 is 10.6 Å². The van der Waals surface area contributed by atoms with Gasteiger partial charge in [-0.3, -0.25) is 19.6 Å². The summed E-state index contributed by atoms with van der Waals surface area (Å²) in [6.07, 6.45) is -2.39. The third-order valence-electron chi connectivity index (χ3n) is 3.96. The molecule has 0 aliphatic heterocycles. The topological polar surface area (TPSA) is 119 Å². The average molecular weight is 413 g/mol. The summed E-state index contributed by atoms with van der Waals surface area (Å²) < 4.78 is 0. The highest BCUT2D eigenvalue weighted by Crippen LogP contribution is 2.19. The molecule has 1 aromatic carbocycles. The van der Waals surface area contributed by atoms with E-state index in [0.29, 0.717) is 0 Å². The molecular formula is C22H27N3O5. The Balaban J connectivity index is 2.59. The van der Waals surface area contributed by atoms with Crippen molar-refractivity contribution in [3.05, 3.63) is 35.9 Å². The second-order valence-corrected chi connectivity index (χ2v) is 7.51. The second kappa shape index (κ2) is 11.6. The zero-order chi connectivity index (χ0) is 22.7. The van der Waals surface area contributed by atoms with E-state index in [0.717, 1.165) is 5.56 Å². The SMILES string of the molecule is CNC(=O)C(NC(=O)C[C@H](O)C(=O)N(O)CC#CC#Cc1ccccc1)C(C)(C)C. The summed E-state index contributed by atoms with van der Waals surface area (Å²) in [6, 6.07) is 8.30. The molecule has 1 rings (SSSR count). The van der Waals surface area contributed by atoms with Crippen LogP contribution in [0.2, 0.25) is 0 Å². The minimum Gasteiger partial charge on any atom is -0.383 e. The van der Waals surface area contributed by atoms with Crippen molar-refractivity contribution in [1.82, 2.24) is 15.7 Å². The fraction of sp³-hybridized carbons (Fsp3) is 0.409. The Kier molecular flexibility index (Phi) is 9.57. The number of hydrogen-bond acceptors (Lipinski definition) is 5. The second-order valence-electron chi connectivity index (χ2n) is 7.51. The standard InChI is InChI=1S/C22H27N3O5/c1-22(2,3)19(20(28)23-4)24-18(27)15-17(26)21(29)25(30)14-10-6-9-13-16-11-7-5-8-12-16/h5,7-8,11-12,17,19,26,30H,14-15H2,1-4H3,(H,23,28)(H,24,27)/t17-,19?/m0/s1. The number of amides is 3. The summed E-state index contributed by atoms with van der Waals surface area (Å²) in [6.45, 7) is 4.92. The average Bonchev–Trinajstić information content (AvgIpc) is 2.70. The first kappa shape index (κ1) is 24.7. The summed E-state index contributed by atoms with van der Waals surface area (Å²) in [7, 11) is 1.44. The van der Waals surface area contributed by atoms with Crippen LogP contribution >= 0.6 is 0 Å². The van der Waals surface area contributed by atoms with Gasteiger partial charge < -0.3 is 15.7 Å². The van der Waals surface area contributed by atoms with Crippen LogP contribution in [0.5, 0.6) is 0 Å². The van der Waals surface area contributed by atoms with E-state index in [-0.39, 0.29) is 11.6 Å². The molecule has 4 N–H and O–H groups in total. The molecule has 0 heterocycles. The lowest BCUT2D eigenvalue weighted by Gasteiger charge is -2.30. The molecule has 0 aliphatic rings. The van der Waals surface area contributed by atoms with E-state index >= 15 is 0 Å². The van der Waals surface area contributed by atoms with E-state index in [2.05, 4.69) is 34.3 Å². The fourth-order valence-electron chi connectivity index (χ4n) is 2.34. The third kappa shape index (κ3) is 8.36. The maximum atomic E-state index is 12.1. The third-order valence-corrected chi connectivity index (χ3v) is 3.96. The number of carbonyl (C=O) groups excluding carboxylic acids is 3. The van der Waals surface area contributed by atoms with E-state index in [4.69, 9.17) is 0 Å². The predicted molar refractivity (Wildman–Crippen MR) is 111 cm³/mol. The first-order valence-corrected chi connectivity index (χ1v) is 9.29. The van der Waals surface area contributed by atoms with E-state index in [1.165, 1.54) is 7.05 Å². The molecule has 0 aromatic heterocycles. The van der Waals surface area contributed by atoms with Gasteiger partial charge in [0.25, 0.3) is 5.91 Å². The van der Waals surface area contributed by atoms with Gasteiger partial charge in [0.15, 0.2) is 0 Å². The molecule has 0 saturated heterocycles. The van der Waals surface area contributed by atoms with Crippen LogP contribution in [0, 0.1) is 29.1 Å². The van der Waals surface area contributed by atoms with Gasteiger partial charge in [-0.1, -0.05) is 50.8 Å². The molecule has 8 nitrogen and oxygen atoms in total. The quantitative estimate of drug-likeness (QED) is 0.304. The fourth-order valence-corrected chi connectivity index (χ4v) is 2.34. The van der Waals surface area contributed by atoms with Gasteiger partial charge in [-0.05, 0) is 29.4 Å². The van der Waals surface area contributed by atoms with Gasteiger partial charge in [-0.25, -0.2) is 5.06 Å². The van der Waals surface area contributed by atoms with Crippen molar-refractivity contribution < 1.29 is 24.7 Å². The number of aliphatic hydroxyl groups excluding tert-OH is 1. The molecule has 0 fully saturated rings. The minimum absolute atomic E-state index is 0.217. The van der Waals surface area contributed by atoms with Crippen molar-refractivity contribution in [2.24, 2.45) is 5.41 Å². The lowest BCUT2D eigenvalue weighted by molar-refractivity contribution is -0.173. The van der Waals surface area contributed by atoms with Crippen LogP contribution in [0.15, 0.2) is 30.3 Å². The molecule has 0 bridgehead atoms. The molecule has 1 unspecified atom stereocenters. The van der Waals surface area contributed by atoms with E-state index in [9.17, 15) is 24.7 Å². The zero-order valence-corrected chi connectivity index (χ0v) is 17.5. The Morgan fingerprint density at radius 1 is 1.13 bits per heavy atom. The monoisotopic (exact) mass is 413 g/mol. The number of hydrogen-bond donors (Lipinski definition) is 4. The van der Waals surface area contributed by atoms with Crippen LogP contribution in [0.1, 0.15) is 32.8 Å². The van der Waals surface area contributed by atoms with Crippen molar-refractivity contribution in [3.63, 3.8) is 0 Å². The highest BCUT2D eigenvalue weighted by molar-refractivity contribution is 5.91. The van der Waals surface area contributed by atoms with Gasteiger partial charge in [0, 0.05) is 12.6 Å². The maximum absolute atomic E-state index is 12.1. The highest BCUT2D eigenvalue weighted by Gasteiger charge is 2.33. The molecule has 0 radical (unpaired) electrons. The Labute approximate surface area is 176 Å². The van der Waals surface area contributed by atoms with Crippen molar-refractivity contribution in [1.29, 1.82) is 0 Å². The number of benzene rings is 1. The largest absolute Gasteiger partial charge is 0.383 e. The molecule has 1 aromatic rings. The van der Waals surface area contributed by atoms with Crippen molar-refractivity contribution in [2.45, 2.75) is 39.3 Å². The number of hydroxylamine groups is 2. The number of likely N-dealkylation sites (N-methyl/N-ethyl adjacent to an activating group) is 1. The lowest BCUT2D eigenvalue weighted by atomic mass is 9.86. The molecule has 30 heavy (non-hydrogen) atoms. The van der Waals surface area contributed by atoms with E-state index < -0.39 is 41.7 Å². The molecule has 0 spiro atoms. The van der Waals surface area contributed by atoms with Crippen LogP contribution in [0.25, 0.3) is 0 Å². The number of rotatable bonds is 6. The number of aliphatic hydroxyl groups is 1. The van der Waals surface area contributed by atoms with Crippen LogP contribution in [-0.2, 0) is 14.4 Å². The number of nitrogens with zero attached hydrogens (tertiary/aromatic N) is 1. The molecular weight excluding hydrogens is 386 g/mol. The molecule has 8 heteroatoms. The maximum Gasteiger partial charge on any atom is 0.276 e. The molecule has 2 atom stereocenters. The van der Waals surface area contributed by atoms with E-state index in [1.54, 1.807) is 20.8 Å². The molecule has 0 saturated carbocycles. The number of carbonyl (C=O) groups is 3. The molecule has 160 valence electrons. The Morgan fingerprint density at radius 2 is 1.77 bits per heavy atom. The summed E-state index contributed by atoms with van der Waals surface area (Å²) in [5.74, 6) is 8.18. The van der Waals surface area contributed by atoms with Gasteiger partial charge >= 0.3 is 0 Å². The highest BCUT2D eigenvalue weighted by atomic mass is 16.5. The zero-order valence-electron chi connectivity index (χ0n) is 17.5. The first-order chi connectivity index (χ1) is 14.1. The van der Waals surface area contributed by atoms with E-state index in [1.807, 2.05) is 30.3 Å².